The zero-order valence-electron chi connectivity index (χ0n) is 10.1. The first-order valence-corrected chi connectivity index (χ1v) is 7.83. The van der Waals surface area contributed by atoms with Gasteiger partial charge in [-0.05, 0) is 31.1 Å². The smallest absolute Gasteiger partial charge is 0.418 e. The van der Waals surface area contributed by atoms with Crippen molar-refractivity contribution >= 4 is 7.25 Å². The van der Waals surface area contributed by atoms with Crippen LogP contribution in [0.15, 0.2) is 40.5 Å². The molecule has 1 aromatic carbocycles. The van der Waals surface area contributed by atoms with Crippen molar-refractivity contribution in [3.63, 3.8) is 0 Å². The Morgan fingerprint density at radius 1 is 1.16 bits per heavy atom. The van der Waals surface area contributed by atoms with E-state index in [0.717, 1.165) is 12.8 Å². The summed E-state index contributed by atoms with van der Waals surface area (Å²) in [5.74, 6) is 0. The number of rotatable bonds is 5. The van der Waals surface area contributed by atoms with Gasteiger partial charge in [-0.15, -0.1) is 0 Å². The third kappa shape index (κ3) is 17.0. The van der Waals surface area contributed by atoms with Crippen LogP contribution in [0.4, 0.5) is 17.3 Å². The number of hydrogen-bond acceptors (Lipinski definition) is 1. The second kappa shape index (κ2) is 10.8. The minimum absolute atomic E-state index is 0.0410. The van der Waals surface area contributed by atoms with E-state index >= 15 is 0 Å². The Bertz CT molecular complexity index is 394. The van der Waals surface area contributed by atoms with Gasteiger partial charge in [0.25, 0.3) is 0 Å². The number of nitrogens with zero attached hydrogens (tertiary/aromatic N) is 1. The van der Waals surface area contributed by atoms with Crippen molar-refractivity contribution in [3.05, 3.63) is 44.1 Å². The van der Waals surface area contributed by atoms with E-state index in [1.165, 1.54) is 3.57 Å². The molecule has 0 saturated heterocycles. The predicted molar refractivity (Wildman–Crippen MR) is 63.9 cm³/mol. The molecule has 0 aromatic heterocycles. The van der Waals surface area contributed by atoms with Gasteiger partial charge in [0.1, 0.15) is 0 Å². The SMILES string of the molecule is F[B-](F)(F)F.N#CCCC/C=C/[I+]c1ccccc1. The molecule has 0 amide bonds. The van der Waals surface area contributed by atoms with E-state index < -0.39 is 7.25 Å². The number of unbranched alkanes of at least 4 members (excludes halogenated alkanes) is 2. The second-order valence-corrected chi connectivity index (χ2v) is 5.90. The highest BCUT2D eigenvalue weighted by Gasteiger charge is 2.20. The molecule has 19 heavy (non-hydrogen) atoms. The normalized spacial score (nSPS) is 10.7. The van der Waals surface area contributed by atoms with Gasteiger partial charge >= 0.3 is 28.5 Å². The Morgan fingerprint density at radius 3 is 2.26 bits per heavy atom. The van der Waals surface area contributed by atoms with Gasteiger partial charge in [0.15, 0.2) is 7.65 Å². The average molecular weight is 385 g/mol. The van der Waals surface area contributed by atoms with Crippen LogP contribution >= 0.6 is 0 Å². The maximum atomic E-state index is 9.75. The molecule has 0 heterocycles. The number of benzene rings is 1. The lowest BCUT2D eigenvalue weighted by Gasteiger charge is -1.94. The molecule has 1 nitrogen and oxygen atoms in total. The van der Waals surface area contributed by atoms with E-state index in [1.807, 2.05) is 6.07 Å². The van der Waals surface area contributed by atoms with Gasteiger partial charge in [-0.25, -0.2) is 0 Å². The summed E-state index contributed by atoms with van der Waals surface area (Å²) in [4.78, 5) is 0. The topological polar surface area (TPSA) is 23.8 Å². The number of hydrogen-bond donors (Lipinski definition) is 0. The molecule has 7 heteroatoms. The van der Waals surface area contributed by atoms with Gasteiger partial charge in [0.2, 0.25) is 0 Å². The molecule has 0 aliphatic heterocycles. The number of nitriles is 1. The Kier molecular flexibility index (Phi) is 10.3. The van der Waals surface area contributed by atoms with Gasteiger partial charge in [-0.2, -0.15) is 5.26 Å². The first-order valence-electron chi connectivity index (χ1n) is 5.51. The molecule has 0 radical (unpaired) electrons. The van der Waals surface area contributed by atoms with Gasteiger partial charge < -0.3 is 17.3 Å². The maximum Gasteiger partial charge on any atom is 0.673 e. The summed E-state index contributed by atoms with van der Waals surface area (Å²) in [5, 5.41) is 8.33. The van der Waals surface area contributed by atoms with Gasteiger partial charge in [-0.3, -0.25) is 0 Å². The molecule has 1 aromatic rings. The Balaban J connectivity index is 0.000000555. The van der Waals surface area contributed by atoms with Gasteiger partial charge in [-0.1, -0.05) is 18.2 Å². The van der Waals surface area contributed by atoms with Crippen molar-refractivity contribution in [2.75, 3.05) is 0 Å². The van der Waals surface area contributed by atoms with Gasteiger partial charge in [0.05, 0.1) is 6.07 Å². The first kappa shape index (κ1) is 18.0. The Morgan fingerprint density at radius 2 is 1.74 bits per heavy atom. The lowest BCUT2D eigenvalue weighted by atomic mass is 10.2. The molecule has 0 aliphatic rings. The molecule has 0 unspecified atom stereocenters. The second-order valence-electron chi connectivity index (χ2n) is 3.31. The fourth-order valence-corrected chi connectivity index (χ4v) is 2.83. The average Bonchev–Trinajstić information content (AvgIpc) is 2.33. The van der Waals surface area contributed by atoms with Crippen molar-refractivity contribution < 1.29 is 38.5 Å². The summed E-state index contributed by atoms with van der Waals surface area (Å²) in [6.07, 6.45) is 4.91. The number of halogens is 5. The van der Waals surface area contributed by atoms with Crippen LogP contribution in [0.3, 0.4) is 0 Å². The first-order chi connectivity index (χ1) is 8.93. The summed E-state index contributed by atoms with van der Waals surface area (Å²) in [7, 11) is -6.00. The molecule has 0 fully saturated rings. The van der Waals surface area contributed by atoms with E-state index in [1.54, 1.807) is 0 Å². The zero-order chi connectivity index (χ0) is 14.6. The third-order valence-corrected chi connectivity index (χ3v) is 3.98. The van der Waals surface area contributed by atoms with E-state index in [9.17, 15) is 17.3 Å². The highest BCUT2D eigenvalue weighted by atomic mass is 127. The van der Waals surface area contributed by atoms with Crippen molar-refractivity contribution in [2.45, 2.75) is 19.3 Å². The van der Waals surface area contributed by atoms with E-state index in [2.05, 4.69) is 40.5 Å². The summed E-state index contributed by atoms with van der Waals surface area (Å²) >= 11 is 0.0410. The molecule has 0 bridgehead atoms. The fourth-order valence-electron chi connectivity index (χ4n) is 0.967. The van der Waals surface area contributed by atoms with Crippen LogP contribution in [0.1, 0.15) is 19.3 Å². The van der Waals surface area contributed by atoms with Crippen LogP contribution in [0.5, 0.6) is 0 Å². The van der Waals surface area contributed by atoms with E-state index in [4.69, 9.17) is 5.26 Å². The van der Waals surface area contributed by atoms with Crippen LogP contribution in [0.2, 0.25) is 0 Å². The molecule has 104 valence electrons. The monoisotopic (exact) mass is 385 g/mol. The van der Waals surface area contributed by atoms with Crippen LogP contribution < -0.4 is 21.2 Å². The highest BCUT2D eigenvalue weighted by molar-refractivity contribution is 6.50. The Hall–Kier alpha value is -1.04. The quantitative estimate of drug-likeness (QED) is 0.326. The minimum atomic E-state index is -6.00. The third-order valence-electron chi connectivity index (χ3n) is 1.67. The van der Waals surface area contributed by atoms with Crippen molar-refractivity contribution in [1.29, 1.82) is 5.26 Å². The lowest BCUT2D eigenvalue weighted by molar-refractivity contribution is -0.557. The summed E-state index contributed by atoms with van der Waals surface area (Å²) in [6.45, 7) is 0. The molecule has 0 saturated carbocycles. The van der Waals surface area contributed by atoms with Crippen LogP contribution in [0, 0.1) is 14.9 Å². The fraction of sp³-hybridized carbons (Fsp3) is 0.250. The minimum Gasteiger partial charge on any atom is -0.418 e. The predicted octanol–water partition coefficient (Wildman–Crippen LogP) is 1.45. The summed E-state index contributed by atoms with van der Waals surface area (Å²) in [5.41, 5.74) is 0. The van der Waals surface area contributed by atoms with E-state index in [0.29, 0.717) is 6.42 Å². The molecular formula is C12H13BF4IN. The van der Waals surface area contributed by atoms with Crippen LogP contribution in [-0.4, -0.2) is 7.25 Å². The summed E-state index contributed by atoms with van der Waals surface area (Å²) in [6, 6.07) is 12.7. The number of allylic oxidation sites excluding steroid dienone is 1. The maximum absolute atomic E-state index is 9.75. The largest absolute Gasteiger partial charge is 0.673 e. The summed E-state index contributed by atoms with van der Waals surface area (Å²) < 4.78 is 42.7. The molecule has 0 N–H and O–H groups in total. The van der Waals surface area contributed by atoms with Crippen molar-refractivity contribution in [1.82, 2.24) is 0 Å². The van der Waals surface area contributed by atoms with Gasteiger partial charge in [0, 0.05) is 6.42 Å². The van der Waals surface area contributed by atoms with Crippen molar-refractivity contribution in [2.24, 2.45) is 0 Å². The molecule has 0 atom stereocenters. The van der Waals surface area contributed by atoms with Crippen LogP contribution in [-0.2, 0) is 0 Å². The van der Waals surface area contributed by atoms with E-state index in [-0.39, 0.29) is 21.2 Å². The van der Waals surface area contributed by atoms with Crippen LogP contribution in [0.25, 0.3) is 0 Å². The molecule has 0 aliphatic carbocycles. The molecule has 1 rings (SSSR count). The molecular weight excluding hydrogens is 372 g/mol. The Labute approximate surface area is 120 Å². The van der Waals surface area contributed by atoms with Crippen molar-refractivity contribution in [3.8, 4) is 6.07 Å². The standard InChI is InChI=1S/C12H13IN.BF4/c14-11-7-2-1-6-10-13-12-8-4-3-5-9-12;2-1(3,4)5/h3-6,8-10H,1-2,7H2;/q+1;-1/b10-6+;. The molecule has 0 spiro atoms. The lowest BCUT2D eigenvalue weighted by Crippen LogP contribution is -3.59. The zero-order valence-corrected chi connectivity index (χ0v) is 12.2. The highest BCUT2D eigenvalue weighted by Crippen LogP contribution is 2.06.